The van der Waals surface area contributed by atoms with Crippen molar-refractivity contribution in [1.82, 2.24) is 0 Å². The van der Waals surface area contributed by atoms with Crippen LogP contribution in [0.2, 0.25) is 0 Å². The summed E-state index contributed by atoms with van der Waals surface area (Å²) < 4.78 is 10.3. The predicted octanol–water partition coefficient (Wildman–Crippen LogP) is 2.00. The van der Waals surface area contributed by atoms with Crippen molar-refractivity contribution in [3.63, 3.8) is 0 Å². The molecule has 1 unspecified atom stereocenters. The maximum absolute atomic E-state index is 11.4. The molecule has 4 heteroatoms. The Morgan fingerprint density at radius 3 is 2.47 bits per heavy atom. The molecule has 19 heavy (non-hydrogen) atoms. The molecule has 1 aliphatic carbocycles. The van der Waals surface area contributed by atoms with Crippen LogP contribution in [0.4, 0.5) is 0 Å². The first-order chi connectivity index (χ1) is 9.10. The first-order valence-electron chi connectivity index (χ1n) is 6.59. The number of carbonyl (C=O) groups is 1. The number of methoxy groups -OCH3 is 1. The second-order valence-electron chi connectivity index (χ2n) is 4.96. The van der Waals surface area contributed by atoms with E-state index in [2.05, 4.69) is 0 Å². The smallest absolute Gasteiger partial charge is 0.339 e. The highest BCUT2D eigenvalue weighted by Gasteiger charge is 2.42. The molecule has 0 aromatic heterocycles. The van der Waals surface area contributed by atoms with Crippen LogP contribution in [0.5, 0.6) is 0 Å². The first kappa shape index (κ1) is 14.0. The van der Waals surface area contributed by atoms with Gasteiger partial charge in [-0.1, -0.05) is 24.3 Å². The third kappa shape index (κ3) is 3.33. The number of benzene rings is 1. The Kier molecular flexibility index (Phi) is 4.22. The Bertz CT molecular complexity index is 434. The molecule has 1 aromatic carbocycles. The number of aliphatic hydroxyl groups is 1. The van der Waals surface area contributed by atoms with Gasteiger partial charge in [-0.25, -0.2) is 4.79 Å². The largest absolute Gasteiger partial charge is 0.464 e. The van der Waals surface area contributed by atoms with Gasteiger partial charge in [0.05, 0.1) is 12.2 Å². The Labute approximate surface area is 113 Å². The van der Waals surface area contributed by atoms with Crippen molar-refractivity contribution in [3.05, 3.63) is 35.4 Å². The van der Waals surface area contributed by atoms with Crippen LogP contribution < -0.4 is 0 Å². The number of rotatable bonds is 6. The third-order valence-corrected chi connectivity index (χ3v) is 3.57. The van der Waals surface area contributed by atoms with Gasteiger partial charge in [0, 0.05) is 13.5 Å². The van der Waals surface area contributed by atoms with Crippen LogP contribution in [0, 0.1) is 0 Å². The van der Waals surface area contributed by atoms with E-state index in [9.17, 15) is 9.90 Å². The average Bonchev–Trinajstić information content (AvgIpc) is 3.19. The van der Waals surface area contributed by atoms with Crippen molar-refractivity contribution in [2.24, 2.45) is 0 Å². The summed E-state index contributed by atoms with van der Waals surface area (Å²) in [5, 5.41) is 9.80. The van der Waals surface area contributed by atoms with Crippen LogP contribution in [0.25, 0.3) is 0 Å². The van der Waals surface area contributed by atoms with Crippen LogP contribution in [-0.4, -0.2) is 30.4 Å². The van der Waals surface area contributed by atoms with E-state index in [-0.39, 0.29) is 12.2 Å². The molecule has 0 radical (unpaired) electrons. The normalized spacial score (nSPS) is 17.8. The van der Waals surface area contributed by atoms with Crippen molar-refractivity contribution >= 4 is 5.97 Å². The minimum absolute atomic E-state index is 0.0152. The van der Waals surface area contributed by atoms with Crippen LogP contribution in [0.3, 0.4) is 0 Å². The number of hydrogen-bond donors (Lipinski definition) is 1. The van der Waals surface area contributed by atoms with Crippen LogP contribution in [0.1, 0.15) is 37.0 Å². The van der Waals surface area contributed by atoms with Gasteiger partial charge in [-0.15, -0.1) is 0 Å². The number of hydrogen-bond acceptors (Lipinski definition) is 4. The number of esters is 1. The van der Waals surface area contributed by atoms with Crippen LogP contribution in [0.15, 0.2) is 24.3 Å². The standard InChI is InChI=1S/C15H20O4/c1-3-19-14(17)13(16)12-6-4-11(5-7-12)10-15(18-2)8-9-15/h4-7,13,16H,3,8-10H2,1-2H3. The van der Waals surface area contributed by atoms with Gasteiger partial charge in [-0.2, -0.15) is 0 Å². The molecule has 2 rings (SSSR count). The van der Waals surface area contributed by atoms with E-state index in [1.54, 1.807) is 26.2 Å². The summed E-state index contributed by atoms with van der Waals surface area (Å²) in [4.78, 5) is 11.4. The van der Waals surface area contributed by atoms with E-state index in [0.717, 1.165) is 24.8 Å². The molecule has 1 aromatic rings. The molecule has 0 bridgehead atoms. The van der Waals surface area contributed by atoms with E-state index in [4.69, 9.17) is 9.47 Å². The van der Waals surface area contributed by atoms with Crippen molar-refractivity contribution in [1.29, 1.82) is 0 Å². The summed E-state index contributed by atoms with van der Waals surface area (Å²) in [6, 6.07) is 7.39. The van der Waals surface area contributed by atoms with Gasteiger partial charge in [0.25, 0.3) is 0 Å². The molecule has 4 nitrogen and oxygen atoms in total. The highest BCUT2D eigenvalue weighted by Crippen LogP contribution is 2.41. The topological polar surface area (TPSA) is 55.8 Å². The summed E-state index contributed by atoms with van der Waals surface area (Å²) in [6.45, 7) is 1.98. The van der Waals surface area contributed by atoms with E-state index in [0.29, 0.717) is 5.56 Å². The Hall–Kier alpha value is -1.39. The zero-order chi connectivity index (χ0) is 13.9. The summed E-state index contributed by atoms with van der Waals surface area (Å²) in [5.74, 6) is -0.606. The van der Waals surface area contributed by atoms with Crippen molar-refractivity contribution in [3.8, 4) is 0 Å². The lowest BCUT2D eigenvalue weighted by Gasteiger charge is -2.14. The lowest BCUT2D eigenvalue weighted by atomic mass is 10.0. The minimum atomic E-state index is -1.20. The second kappa shape index (κ2) is 5.72. The highest BCUT2D eigenvalue weighted by atomic mass is 16.5. The van der Waals surface area contributed by atoms with Crippen LogP contribution in [-0.2, 0) is 20.7 Å². The summed E-state index contributed by atoms with van der Waals surface area (Å²) in [6.07, 6.45) is 1.86. The van der Waals surface area contributed by atoms with Gasteiger partial charge in [-0.05, 0) is 30.9 Å². The molecule has 1 atom stereocenters. The summed E-state index contributed by atoms with van der Waals surface area (Å²) in [5.41, 5.74) is 1.73. The molecule has 0 spiro atoms. The van der Waals surface area contributed by atoms with E-state index in [1.165, 1.54) is 0 Å². The highest BCUT2D eigenvalue weighted by molar-refractivity contribution is 5.76. The average molecular weight is 264 g/mol. The molecule has 0 amide bonds. The Morgan fingerprint density at radius 1 is 1.37 bits per heavy atom. The van der Waals surface area contributed by atoms with Crippen molar-refractivity contribution in [2.75, 3.05) is 13.7 Å². The monoisotopic (exact) mass is 264 g/mol. The summed E-state index contributed by atoms with van der Waals surface area (Å²) in [7, 11) is 1.74. The predicted molar refractivity (Wildman–Crippen MR) is 70.7 cm³/mol. The second-order valence-corrected chi connectivity index (χ2v) is 4.96. The van der Waals surface area contributed by atoms with Gasteiger partial charge < -0.3 is 14.6 Å². The number of aliphatic hydroxyl groups excluding tert-OH is 1. The fourth-order valence-corrected chi connectivity index (χ4v) is 2.14. The van der Waals surface area contributed by atoms with E-state index < -0.39 is 12.1 Å². The number of carbonyl (C=O) groups excluding carboxylic acids is 1. The zero-order valence-electron chi connectivity index (χ0n) is 11.4. The molecule has 1 fully saturated rings. The van der Waals surface area contributed by atoms with E-state index >= 15 is 0 Å². The molecule has 1 N–H and O–H groups in total. The molecular weight excluding hydrogens is 244 g/mol. The molecule has 1 saturated carbocycles. The Morgan fingerprint density at radius 2 is 2.00 bits per heavy atom. The maximum Gasteiger partial charge on any atom is 0.339 e. The molecule has 0 aliphatic heterocycles. The summed E-state index contributed by atoms with van der Waals surface area (Å²) >= 11 is 0. The molecule has 0 heterocycles. The molecule has 1 aliphatic rings. The number of ether oxygens (including phenoxy) is 2. The maximum atomic E-state index is 11.4. The van der Waals surface area contributed by atoms with Crippen molar-refractivity contribution in [2.45, 2.75) is 37.9 Å². The molecule has 104 valence electrons. The third-order valence-electron chi connectivity index (χ3n) is 3.57. The van der Waals surface area contributed by atoms with Crippen molar-refractivity contribution < 1.29 is 19.4 Å². The fraction of sp³-hybridized carbons (Fsp3) is 0.533. The zero-order valence-corrected chi connectivity index (χ0v) is 11.4. The van der Waals surface area contributed by atoms with Gasteiger partial charge in [-0.3, -0.25) is 0 Å². The Balaban J connectivity index is 2.00. The minimum Gasteiger partial charge on any atom is -0.464 e. The quantitative estimate of drug-likeness (QED) is 0.798. The lowest BCUT2D eigenvalue weighted by molar-refractivity contribution is -0.153. The lowest BCUT2D eigenvalue weighted by Crippen LogP contribution is -2.16. The van der Waals surface area contributed by atoms with Gasteiger partial charge in [0.1, 0.15) is 0 Å². The first-order valence-corrected chi connectivity index (χ1v) is 6.59. The molecule has 0 saturated heterocycles. The SMILES string of the molecule is CCOC(=O)C(O)c1ccc(CC2(OC)CC2)cc1. The van der Waals surface area contributed by atoms with Gasteiger partial charge in [0.2, 0.25) is 0 Å². The van der Waals surface area contributed by atoms with Gasteiger partial charge in [0.15, 0.2) is 6.10 Å². The molecular formula is C15H20O4. The van der Waals surface area contributed by atoms with Crippen LogP contribution >= 0.6 is 0 Å². The fourth-order valence-electron chi connectivity index (χ4n) is 2.14. The van der Waals surface area contributed by atoms with E-state index in [1.807, 2.05) is 12.1 Å². The van der Waals surface area contributed by atoms with Gasteiger partial charge >= 0.3 is 5.97 Å².